The van der Waals surface area contributed by atoms with Crippen LogP contribution in [-0.2, 0) is 0 Å². The second kappa shape index (κ2) is 8.66. The summed E-state index contributed by atoms with van der Waals surface area (Å²) in [5, 5.41) is 14.8. The lowest BCUT2D eigenvalue weighted by Crippen LogP contribution is -2.49. The SMILES string of the molecule is CCOc1ccc2ccccc2c1C(=O)N1CCN(c2ccc(-n3cccn3)nn2)CC1. The van der Waals surface area contributed by atoms with Crippen molar-refractivity contribution in [3.8, 4) is 11.6 Å². The second-order valence-corrected chi connectivity index (χ2v) is 7.57. The quantitative estimate of drug-likeness (QED) is 0.486. The summed E-state index contributed by atoms with van der Waals surface area (Å²) < 4.78 is 7.48. The van der Waals surface area contributed by atoms with Crippen LogP contribution in [0.15, 0.2) is 67.0 Å². The average molecular weight is 428 g/mol. The van der Waals surface area contributed by atoms with Crippen LogP contribution in [0.3, 0.4) is 0 Å². The molecule has 0 spiro atoms. The first-order chi connectivity index (χ1) is 15.7. The van der Waals surface area contributed by atoms with Crippen LogP contribution in [0.4, 0.5) is 5.82 Å². The van der Waals surface area contributed by atoms with Gasteiger partial charge in [-0.3, -0.25) is 4.79 Å². The Hall–Kier alpha value is -3.94. The van der Waals surface area contributed by atoms with Gasteiger partial charge < -0.3 is 14.5 Å². The Kier molecular flexibility index (Phi) is 5.41. The Morgan fingerprint density at radius 3 is 2.44 bits per heavy atom. The third kappa shape index (κ3) is 3.75. The van der Waals surface area contributed by atoms with Gasteiger partial charge in [-0.2, -0.15) is 5.10 Å². The van der Waals surface area contributed by atoms with Crippen LogP contribution in [0, 0.1) is 0 Å². The molecule has 162 valence electrons. The summed E-state index contributed by atoms with van der Waals surface area (Å²) in [6.45, 7) is 5.04. The van der Waals surface area contributed by atoms with Crippen molar-refractivity contribution in [2.45, 2.75) is 6.92 Å². The molecule has 1 aliphatic rings. The summed E-state index contributed by atoms with van der Waals surface area (Å²) in [6.07, 6.45) is 3.54. The van der Waals surface area contributed by atoms with Crippen LogP contribution in [0.5, 0.6) is 5.75 Å². The number of benzene rings is 2. The number of fused-ring (bicyclic) bond motifs is 1. The van der Waals surface area contributed by atoms with Crippen LogP contribution in [0.1, 0.15) is 17.3 Å². The number of ether oxygens (including phenoxy) is 1. The minimum absolute atomic E-state index is 0.00464. The highest BCUT2D eigenvalue weighted by Gasteiger charge is 2.26. The maximum absolute atomic E-state index is 13.5. The Morgan fingerprint density at radius 1 is 0.938 bits per heavy atom. The van der Waals surface area contributed by atoms with E-state index in [1.54, 1.807) is 10.9 Å². The lowest BCUT2D eigenvalue weighted by Gasteiger charge is -2.35. The van der Waals surface area contributed by atoms with Gasteiger partial charge in [0.25, 0.3) is 5.91 Å². The number of aromatic nitrogens is 4. The number of anilines is 1. The summed E-state index contributed by atoms with van der Waals surface area (Å²) in [7, 11) is 0. The smallest absolute Gasteiger partial charge is 0.258 e. The van der Waals surface area contributed by atoms with E-state index in [0.29, 0.717) is 49.9 Å². The van der Waals surface area contributed by atoms with Gasteiger partial charge in [-0.05, 0) is 42.0 Å². The van der Waals surface area contributed by atoms with Gasteiger partial charge in [0.1, 0.15) is 5.75 Å². The molecule has 1 amide bonds. The highest BCUT2D eigenvalue weighted by atomic mass is 16.5. The van der Waals surface area contributed by atoms with Gasteiger partial charge in [-0.25, -0.2) is 4.68 Å². The zero-order valence-corrected chi connectivity index (χ0v) is 17.9. The molecule has 8 heteroatoms. The van der Waals surface area contributed by atoms with Gasteiger partial charge in [0, 0.05) is 38.6 Å². The molecule has 0 radical (unpaired) electrons. The molecular formula is C24H24N6O2. The van der Waals surface area contributed by atoms with Crippen LogP contribution in [0.25, 0.3) is 16.6 Å². The number of rotatable bonds is 5. The lowest BCUT2D eigenvalue weighted by atomic mass is 10.0. The van der Waals surface area contributed by atoms with Crippen LogP contribution in [0.2, 0.25) is 0 Å². The molecule has 1 aliphatic heterocycles. The third-order valence-electron chi connectivity index (χ3n) is 5.67. The van der Waals surface area contributed by atoms with Crippen LogP contribution in [-0.4, -0.2) is 63.6 Å². The van der Waals surface area contributed by atoms with E-state index in [0.717, 1.165) is 16.6 Å². The van der Waals surface area contributed by atoms with Crippen molar-refractivity contribution >= 4 is 22.5 Å². The van der Waals surface area contributed by atoms with Crippen molar-refractivity contribution in [1.29, 1.82) is 0 Å². The number of carbonyl (C=O) groups excluding carboxylic acids is 1. The van der Waals surface area contributed by atoms with E-state index in [9.17, 15) is 4.79 Å². The van der Waals surface area contributed by atoms with Gasteiger partial charge in [-0.15, -0.1) is 10.2 Å². The van der Waals surface area contributed by atoms with Crippen molar-refractivity contribution in [2.75, 3.05) is 37.7 Å². The van der Waals surface area contributed by atoms with Crippen LogP contribution < -0.4 is 9.64 Å². The summed E-state index contributed by atoms with van der Waals surface area (Å²) in [5.41, 5.74) is 0.641. The van der Waals surface area contributed by atoms with Crippen molar-refractivity contribution < 1.29 is 9.53 Å². The highest BCUT2D eigenvalue weighted by molar-refractivity contribution is 6.09. The number of nitrogens with zero attached hydrogens (tertiary/aromatic N) is 6. The number of hydrogen-bond acceptors (Lipinski definition) is 6. The number of amides is 1. The Bertz CT molecular complexity index is 1220. The van der Waals surface area contributed by atoms with Crippen molar-refractivity contribution in [2.24, 2.45) is 0 Å². The molecule has 2 aromatic heterocycles. The molecule has 1 fully saturated rings. The molecule has 1 saturated heterocycles. The number of carbonyl (C=O) groups is 1. The largest absolute Gasteiger partial charge is 0.493 e. The molecular weight excluding hydrogens is 404 g/mol. The Balaban J connectivity index is 1.32. The molecule has 0 bridgehead atoms. The standard InChI is InChI=1S/C24H24N6O2/c1-2-32-20-9-8-18-6-3-4-7-19(18)23(20)24(31)29-16-14-28(15-17-29)21-10-11-22(27-26-21)30-13-5-12-25-30/h3-13H,2,14-17H2,1H3. The molecule has 0 saturated carbocycles. The molecule has 0 unspecified atom stereocenters. The fourth-order valence-corrected chi connectivity index (χ4v) is 4.06. The zero-order chi connectivity index (χ0) is 21.9. The molecule has 5 rings (SSSR count). The fraction of sp³-hybridized carbons (Fsp3) is 0.250. The first kappa shape index (κ1) is 20.0. The van der Waals surface area contributed by atoms with E-state index in [1.165, 1.54) is 0 Å². The molecule has 32 heavy (non-hydrogen) atoms. The fourth-order valence-electron chi connectivity index (χ4n) is 4.06. The highest BCUT2D eigenvalue weighted by Crippen LogP contribution is 2.30. The molecule has 3 heterocycles. The lowest BCUT2D eigenvalue weighted by molar-refractivity contribution is 0.0744. The summed E-state index contributed by atoms with van der Waals surface area (Å²) in [4.78, 5) is 17.6. The molecule has 8 nitrogen and oxygen atoms in total. The third-order valence-corrected chi connectivity index (χ3v) is 5.67. The Morgan fingerprint density at radius 2 is 1.72 bits per heavy atom. The second-order valence-electron chi connectivity index (χ2n) is 7.57. The molecule has 0 N–H and O–H groups in total. The number of piperazine rings is 1. The minimum Gasteiger partial charge on any atom is -0.493 e. The molecule has 0 atom stereocenters. The maximum atomic E-state index is 13.5. The predicted octanol–water partition coefficient (Wildman–Crippen LogP) is 3.18. The van der Waals surface area contributed by atoms with E-state index in [1.807, 2.05) is 72.6 Å². The Labute approximate surface area is 186 Å². The normalized spacial score (nSPS) is 14.0. The average Bonchev–Trinajstić information content (AvgIpc) is 3.39. The topological polar surface area (TPSA) is 76.4 Å². The maximum Gasteiger partial charge on any atom is 0.258 e. The minimum atomic E-state index is 0.00464. The summed E-state index contributed by atoms with van der Waals surface area (Å²) in [5.74, 6) is 2.11. The summed E-state index contributed by atoms with van der Waals surface area (Å²) in [6, 6.07) is 17.5. The molecule has 0 aliphatic carbocycles. The molecule has 4 aromatic rings. The van der Waals surface area contributed by atoms with E-state index in [2.05, 4.69) is 20.2 Å². The monoisotopic (exact) mass is 428 g/mol. The predicted molar refractivity (Wildman–Crippen MR) is 122 cm³/mol. The van der Waals surface area contributed by atoms with Crippen molar-refractivity contribution in [1.82, 2.24) is 24.9 Å². The number of hydrogen-bond donors (Lipinski definition) is 0. The van der Waals surface area contributed by atoms with Gasteiger partial charge >= 0.3 is 0 Å². The van der Waals surface area contributed by atoms with Crippen molar-refractivity contribution in [3.63, 3.8) is 0 Å². The summed E-state index contributed by atoms with van der Waals surface area (Å²) >= 11 is 0. The van der Waals surface area contributed by atoms with Crippen LogP contribution >= 0.6 is 0 Å². The van der Waals surface area contributed by atoms with E-state index in [-0.39, 0.29) is 5.91 Å². The molecule has 2 aromatic carbocycles. The first-order valence-electron chi connectivity index (χ1n) is 10.8. The van der Waals surface area contributed by atoms with E-state index >= 15 is 0 Å². The van der Waals surface area contributed by atoms with Gasteiger partial charge in [0.05, 0.1) is 12.2 Å². The van der Waals surface area contributed by atoms with Gasteiger partial charge in [0.15, 0.2) is 11.6 Å². The van der Waals surface area contributed by atoms with E-state index < -0.39 is 0 Å². The van der Waals surface area contributed by atoms with Gasteiger partial charge in [-0.1, -0.05) is 30.3 Å². The van der Waals surface area contributed by atoms with E-state index in [4.69, 9.17) is 4.74 Å². The van der Waals surface area contributed by atoms with Gasteiger partial charge in [0.2, 0.25) is 0 Å². The van der Waals surface area contributed by atoms with Crippen molar-refractivity contribution in [3.05, 3.63) is 72.6 Å². The first-order valence-corrected chi connectivity index (χ1v) is 10.8. The zero-order valence-electron chi connectivity index (χ0n) is 17.9.